The van der Waals surface area contributed by atoms with Gasteiger partial charge in [0.15, 0.2) is 0 Å². The van der Waals surface area contributed by atoms with Crippen molar-refractivity contribution in [2.24, 2.45) is 17.4 Å². The van der Waals surface area contributed by atoms with E-state index in [0.29, 0.717) is 6.42 Å². The molecule has 6 nitrogen and oxygen atoms in total. The van der Waals surface area contributed by atoms with Crippen molar-refractivity contribution in [3.8, 4) is 0 Å². The Kier molecular flexibility index (Phi) is 9.00. The first kappa shape index (κ1) is 19.1. The monoisotopic (exact) mass is 296 g/mol. The van der Waals surface area contributed by atoms with E-state index in [9.17, 15) is 9.59 Å². The second-order valence-corrected chi connectivity index (χ2v) is 4.88. The molecule has 0 aliphatic heterocycles. The van der Waals surface area contributed by atoms with Crippen LogP contribution in [0.4, 0.5) is 0 Å². The van der Waals surface area contributed by atoms with E-state index in [1.54, 1.807) is 0 Å². The number of benzene rings is 1. The highest BCUT2D eigenvalue weighted by Crippen LogP contribution is 2.04. The summed E-state index contributed by atoms with van der Waals surface area (Å²) >= 11 is 0. The second-order valence-electron chi connectivity index (χ2n) is 4.88. The Hall–Kier alpha value is -1.92. The minimum atomic E-state index is -0.959. The summed E-state index contributed by atoms with van der Waals surface area (Å²) in [6.45, 7) is 3.76. The summed E-state index contributed by atoms with van der Waals surface area (Å²) in [6.07, 6.45) is 1.20. The van der Waals surface area contributed by atoms with E-state index in [1.807, 2.05) is 44.2 Å². The fourth-order valence-corrected chi connectivity index (χ4v) is 1.45. The summed E-state index contributed by atoms with van der Waals surface area (Å²) in [5.41, 5.74) is 11.6. The van der Waals surface area contributed by atoms with Gasteiger partial charge in [-0.2, -0.15) is 0 Å². The van der Waals surface area contributed by atoms with Gasteiger partial charge in [0.05, 0.1) is 0 Å². The van der Waals surface area contributed by atoms with Gasteiger partial charge in [-0.25, -0.2) is 0 Å². The van der Waals surface area contributed by atoms with Crippen LogP contribution >= 0.6 is 0 Å². The molecule has 0 unspecified atom stereocenters. The molecule has 0 aliphatic rings. The summed E-state index contributed by atoms with van der Waals surface area (Å²) in [5.74, 6) is -1.80. The van der Waals surface area contributed by atoms with Crippen molar-refractivity contribution in [1.29, 1.82) is 0 Å². The quantitative estimate of drug-likeness (QED) is 0.622. The molecule has 6 N–H and O–H groups in total. The Morgan fingerprint density at radius 2 is 1.62 bits per heavy atom. The number of hydrogen-bond acceptors (Lipinski definition) is 4. The van der Waals surface area contributed by atoms with Gasteiger partial charge in [0, 0.05) is 0 Å². The number of rotatable bonds is 6. The summed E-state index contributed by atoms with van der Waals surface area (Å²) in [7, 11) is 0. The summed E-state index contributed by atoms with van der Waals surface area (Å²) in [5, 5.41) is 16.9. The molecule has 3 atom stereocenters. The second kappa shape index (κ2) is 9.90. The lowest BCUT2D eigenvalue weighted by atomic mass is 10.0. The molecule has 0 spiro atoms. The summed E-state index contributed by atoms with van der Waals surface area (Å²) < 4.78 is 0. The number of carbonyl (C=O) groups is 2. The molecule has 21 heavy (non-hydrogen) atoms. The first-order valence-electron chi connectivity index (χ1n) is 6.80. The van der Waals surface area contributed by atoms with Crippen LogP contribution in [0, 0.1) is 5.92 Å². The van der Waals surface area contributed by atoms with Crippen molar-refractivity contribution in [2.75, 3.05) is 0 Å². The van der Waals surface area contributed by atoms with Crippen molar-refractivity contribution in [3.05, 3.63) is 35.9 Å². The molecule has 1 rings (SSSR count). The highest BCUT2D eigenvalue weighted by molar-refractivity contribution is 5.73. The van der Waals surface area contributed by atoms with Gasteiger partial charge in [0.25, 0.3) is 0 Å². The molecule has 0 heterocycles. The third-order valence-corrected chi connectivity index (χ3v) is 3.16. The molecule has 0 aromatic heterocycles. The number of aliphatic carboxylic acids is 2. The zero-order valence-corrected chi connectivity index (χ0v) is 12.4. The number of nitrogens with two attached hydrogens (primary N) is 2. The zero-order valence-electron chi connectivity index (χ0n) is 12.4. The number of carboxylic acids is 2. The summed E-state index contributed by atoms with van der Waals surface area (Å²) in [4.78, 5) is 20.6. The Labute approximate surface area is 124 Å². The first-order chi connectivity index (χ1) is 9.79. The fraction of sp³-hybridized carbons (Fsp3) is 0.467. The standard InChI is InChI=1S/C9H11NO2.C6H13NO2/c10-8(9(11)12)6-7-4-2-1-3-5-7;1-3-4(2)5(7)6(8)9/h1-5,8H,6,10H2,(H,11,12);4-5H,3,7H2,1-2H3,(H,8,9)/t8-;4-,5-/m11/s1. The third-order valence-electron chi connectivity index (χ3n) is 3.16. The fourth-order valence-electron chi connectivity index (χ4n) is 1.45. The lowest BCUT2D eigenvalue weighted by molar-refractivity contribution is -0.140. The predicted octanol–water partition coefficient (Wildman–Crippen LogP) is 1.09. The SMILES string of the molecule is CC[C@@H](C)[C@@H](N)C(=O)O.N[C@H](Cc1ccccc1)C(=O)O. The van der Waals surface area contributed by atoms with Crippen molar-refractivity contribution < 1.29 is 19.8 Å². The Bertz CT molecular complexity index is 437. The first-order valence-corrected chi connectivity index (χ1v) is 6.80. The molecule has 1 aromatic carbocycles. The zero-order chi connectivity index (χ0) is 16.4. The molecule has 0 saturated carbocycles. The molecule has 118 valence electrons. The molecule has 0 bridgehead atoms. The number of carboxylic acid groups (broad SMARTS) is 2. The lowest BCUT2D eigenvalue weighted by Crippen LogP contribution is -2.36. The molecular weight excluding hydrogens is 272 g/mol. The van der Waals surface area contributed by atoms with Crippen LogP contribution in [0.5, 0.6) is 0 Å². The van der Waals surface area contributed by atoms with Crippen molar-refractivity contribution >= 4 is 11.9 Å². The van der Waals surface area contributed by atoms with E-state index in [1.165, 1.54) is 0 Å². The molecule has 6 heteroatoms. The Morgan fingerprint density at radius 1 is 1.10 bits per heavy atom. The van der Waals surface area contributed by atoms with Crippen molar-refractivity contribution in [3.63, 3.8) is 0 Å². The van der Waals surface area contributed by atoms with Gasteiger partial charge in [-0.1, -0.05) is 50.6 Å². The maximum atomic E-state index is 10.4. The normalized spacial score (nSPS) is 14.3. The van der Waals surface area contributed by atoms with Crippen LogP contribution in [0.2, 0.25) is 0 Å². The topological polar surface area (TPSA) is 127 Å². The maximum Gasteiger partial charge on any atom is 0.320 e. The minimum Gasteiger partial charge on any atom is -0.480 e. The van der Waals surface area contributed by atoms with E-state index in [2.05, 4.69) is 0 Å². The highest BCUT2D eigenvalue weighted by atomic mass is 16.4. The van der Waals surface area contributed by atoms with Gasteiger partial charge < -0.3 is 21.7 Å². The van der Waals surface area contributed by atoms with Crippen molar-refractivity contribution in [2.45, 2.75) is 38.8 Å². The smallest absolute Gasteiger partial charge is 0.320 e. The molecular formula is C15H24N2O4. The van der Waals surface area contributed by atoms with Gasteiger partial charge in [0.1, 0.15) is 12.1 Å². The number of hydrogen-bond donors (Lipinski definition) is 4. The highest BCUT2D eigenvalue weighted by Gasteiger charge is 2.17. The van der Waals surface area contributed by atoms with Crippen LogP contribution in [0.25, 0.3) is 0 Å². The molecule has 0 saturated heterocycles. The average molecular weight is 296 g/mol. The minimum absolute atomic E-state index is 0.0718. The Morgan fingerprint density at radius 3 is 1.95 bits per heavy atom. The van der Waals surface area contributed by atoms with Crippen LogP contribution in [0.15, 0.2) is 30.3 Å². The molecule has 1 aromatic rings. The molecule has 0 radical (unpaired) electrons. The van der Waals surface area contributed by atoms with Gasteiger partial charge >= 0.3 is 11.9 Å². The van der Waals surface area contributed by atoms with E-state index in [-0.39, 0.29) is 5.92 Å². The molecule has 0 fully saturated rings. The van der Waals surface area contributed by atoms with Crippen molar-refractivity contribution in [1.82, 2.24) is 0 Å². The largest absolute Gasteiger partial charge is 0.480 e. The Balaban J connectivity index is 0.000000400. The third kappa shape index (κ3) is 8.06. The summed E-state index contributed by atoms with van der Waals surface area (Å²) in [6, 6.07) is 7.84. The van der Waals surface area contributed by atoms with Crippen LogP contribution in [-0.4, -0.2) is 34.2 Å². The average Bonchev–Trinajstić information content (AvgIpc) is 2.47. The van der Waals surface area contributed by atoms with Gasteiger partial charge in [-0.3, -0.25) is 9.59 Å². The van der Waals surface area contributed by atoms with Gasteiger partial charge in [-0.05, 0) is 17.9 Å². The van der Waals surface area contributed by atoms with E-state index in [0.717, 1.165) is 12.0 Å². The van der Waals surface area contributed by atoms with Gasteiger partial charge in [-0.15, -0.1) is 0 Å². The van der Waals surface area contributed by atoms with Crippen LogP contribution < -0.4 is 11.5 Å². The van der Waals surface area contributed by atoms with E-state index in [4.69, 9.17) is 21.7 Å². The lowest BCUT2D eigenvalue weighted by Gasteiger charge is -2.11. The van der Waals surface area contributed by atoms with Gasteiger partial charge in [0.2, 0.25) is 0 Å². The van der Waals surface area contributed by atoms with Crippen LogP contribution in [0.1, 0.15) is 25.8 Å². The van der Waals surface area contributed by atoms with E-state index < -0.39 is 24.0 Å². The molecule has 0 amide bonds. The maximum absolute atomic E-state index is 10.4. The predicted molar refractivity (Wildman–Crippen MR) is 80.8 cm³/mol. The van der Waals surface area contributed by atoms with Crippen LogP contribution in [-0.2, 0) is 16.0 Å². The van der Waals surface area contributed by atoms with E-state index >= 15 is 0 Å². The molecule has 0 aliphatic carbocycles. The van der Waals surface area contributed by atoms with Crippen LogP contribution in [0.3, 0.4) is 0 Å².